The molecule has 29 heavy (non-hydrogen) atoms. The lowest BCUT2D eigenvalue weighted by atomic mass is 10.1. The molecule has 0 radical (unpaired) electrons. The van der Waals surface area contributed by atoms with Gasteiger partial charge in [0.15, 0.2) is 12.2 Å². The van der Waals surface area contributed by atoms with Crippen LogP contribution in [-0.4, -0.2) is 37.4 Å². The fourth-order valence-electron chi connectivity index (χ4n) is 2.66. The third-order valence-corrected chi connectivity index (χ3v) is 4.13. The largest absolute Gasteiger partial charge is 0.479 e. The van der Waals surface area contributed by atoms with E-state index in [1.54, 1.807) is 26.0 Å². The van der Waals surface area contributed by atoms with E-state index in [4.69, 9.17) is 18.9 Å². The van der Waals surface area contributed by atoms with E-state index in [-0.39, 0.29) is 12.6 Å². The van der Waals surface area contributed by atoms with Crippen LogP contribution in [0.15, 0.2) is 54.6 Å². The van der Waals surface area contributed by atoms with Crippen molar-refractivity contribution in [2.75, 3.05) is 13.2 Å². The number of carbonyl (C=O) groups is 2. The van der Waals surface area contributed by atoms with Crippen LogP contribution in [0, 0.1) is 0 Å². The normalized spacial score (nSPS) is 12.7. The molecule has 0 heterocycles. The highest BCUT2D eigenvalue weighted by Crippen LogP contribution is 2.17. The molecule has 0 aromatic heterocycles. The highest BCUT2D eigenvalue weighted by Gasteiger charge is 2.21. The molecule has 0 aliphatic rings. The van der Waals surface area contributed by atoms with Crippen LogP contribution in [0.1, 0.15) is 31.9 Å². The topological polar surface area (TPSA) is 71.1 Å². The molecule has 0 bridgehead atoms. The average molecular weight is 400 g/mol. The summed E-state index contributed by atoms with van der Waals surface area (Å²) in [7, 11) is 0. The van der Waals surface area contributed by atoms with Gasteiger partial charge in [0.1, 0.15) is 12.4 Å². The molecular weight excluding hydrogens is 372 g/mol. The van der Waals surface area contributed by atoms with Gasteiger partial charge in [-0.3, -0.25) is 0 Å². The third-order valence-electron chi connectivity index (χ3n) is 4.13. The van der Waals surface area contributed by atoms with Gasteiger partial charge in [-0.25, -0.2) is 9.59 Å². The molecule has 2 aromatic carbocycles. The molecule has 0 aliphatic carbocycles. The number of esters is 2. The van der Waals surface area contributed by atoms with E-state index in [9.17, 15) is 9.59 Å². The fourth-order valence-corrected chi connectivity index (χ4v) is 2.66. The number of benzene rings is 2. The first-order valence-corrected chi connectivity index (χ1v) is 9.77. The molecule has 2 rings (SSSR count). The van der Waals surface area contributed by atoms with Crippen molar-refractivity contribution in [3.63, 3.8) is 0 Å². The number of rotatable bonds is 11. The Balaban J connectivity index is 1.86. The van der Waals surface area contributed by atoms with Crippen LogP contribution in [0.3, 0.4) is 0 Å². The molecule has 0 spiro atoms. The van der Waals surface area contributed by atoms with Crippen molar-refractivity contribution in [3.8, 4) is 5.75 Å². The lowest BCUT2D eigenvalue weighted by Gasteiger charge is -2.17. The van der Waals surface area contributed by atoms with Gasteiger partial charge in [0, 0.05) is 13.0 Å². The van der Waals surface area contributed by atoms with Gasteiger partial charge in [0.05, 0.1) is 6.61 Å². The zero-order chi connectivity index (χ0) is 21.1. The summed E-state index contributed by atoms with van der Waals surface area (Å²) in [6.07, 6.45) is -0.972. The van der Waals surface area contributed by atoms with Crippen molar-refractivity contribution in [1.82, 2.24) is 0 Å². The van der Waals surface area contributed by atoms with Crippen LogP contribution in [0.5, 0.6) is 5.75 Å². The summed E-state index contributed by atoms with van der Waals surface area (Å²) < 4.78 is 21.5. The molecular formula is C23H28O6. The van der Waals surface area contributed by atoms with Crippen LogP contribution >= 0.6 is 0 Å². The van der Waals surface area contributed by atoms with Gasteiger partial charge in [-0.1, -0.05) is 42.5 Å². The van der Waals surface area contributed by atoms with Crippen molar-refractivity contribution in [3.05, 3.63) is 65.7 Å². The van der Waals surface area contributed by atoms with Gasteiger partial charge in [-0.05, 0) is 44.0 Å². The van der Waals surface area contributed by atoms with Crippen molar-refractivity contribution in [2.24, 2.45) is 0 Å². The first-order valence-electron chi connectivity index (χ1n) is 9.77. The smallest absolute Gasteiger partial charge is 0.347 e. The molecule has 6 heteroatoms. The van der Waals surface area contributed by atoms with E-state index in [0.717, 1.165) is 11.1 Å². The van der Waals surface area contributed by atoms with E-state index in [1.165, 1.54) is 0 Å². The second kappa shape index (κ2) is 11.9. The van der Waals surface area contributed by atoms with E-state index in [1.807, 2.05) is 49.4 Å². The Morgan fingerprint density at radius 1 is 0.828 bits per heavy atom. The molecule has 1 unspecified atom stereocenters. The SMILES string of the molecule is CCOC(=O)[C@H](Cc1ccc(OC(C)C(=O)OCc2ccccc2)cc1)OCC. The third kappa shape index (κ3) is 7.58. The summed E-state index contributed by atoms with van der Waals surface area (Å²) >= 11 is 0. The second-order valence-electron chi connectivity index (χ2n) is 6.40. The van der Waals surface area contributed by atoms with E-state index in [0.29, 0.717) is 25.4 Å². The summed E-state index contributed by atoms with van der Waals surface area (Å²) in [6, 6.07) is 16.7. The quantitative estimate of drug-likeness (QED) is 0.536. The standard InChI is InChI=1S/C23H28O6/c1-4-26-21(23(25)27-5-2)15-18-11-13-20(14-12-18)29-17(3)22(24)28-16-19-9-7-6-8-10-19/h6-14,17,21H,4-5,15-16H2,1-3H3/t17?,21-/m0/s1. The molecule has 2 aromatic rings. The minimum Gasteiger partial charge on any atom is -0.479 e. The van der Waals surface area contributed by atoms with E-state index < -0.39 is 18.2 Å². The minimum atomic E-state index is -0.736. The second-order valence-corrected chi connectivity index (χ2v) is 6.40. The lowest BCUT2D eigenvalue weighted by Crippen LogP contribution is -2.29. The van der Waals surface area contributed by atoms with Crippen molar-refractivity contribution in [2.45, 2.75) is 46.0 Å². The molecule has 0 aliphatic heterocycles. The van der Waals surface area contributed by atoms with Crippen LogP contribution in [-0.2, 0) is 36.8 Å². The molecule has 156 valence electrons. The van der Waals surface area contributed by atoms with Gasteiger partial charge in [0.2, 0.25) is 0 Å². The Morgan fingerprint density at radius 2 is 1.52 bits per heavy atom. The Kier molecular flexibility index (Phi) is 9.18. The molecule has 2 atom stereocenters. The first-order chi connectivity index (χ1) is 14.0. The molecule has 6 nitrogen and oxygen atoms in total. The average Bonchev–Trinajstić information content (AvgIpc) is 2.74. The van der Waals surface area contributed by atoms with Gasteiger partial charge in [-0.15, -0.1) is 0 Å². The summed E-state index contributed by atoms with van der Waals surface area (Å²) in [4.78, 5) is 24.1. The zero-order valence-corrected chi connectivity index (χ0v) is 17.1. The van der Waals surface area contributed by atoms with Gasteiger partial charge < -0.3 is 18.9 Å². The van der Waals surface area contributed by atoms with E-state index >= 15 is 0 Å². The maximum Gasteiger partial charge on any atom is 0.347 e. The van der Waals surface area contributed by atoms with Crippen LogP contribution < -0.4 is 4.74 Å². The number of ether oxygens (including phenoxy) is 4. The number of carbonyl (C=O) groups excluding carboxylic acids is 2. The highest BCUT2D eigenvalue weighted by atomic mass is 16.6. The van der Waals surface area contributed by atoms with Crippen LogP contribution in [0.4, 0.5) is 0 Å². The predicted molar refractivity (Wildman–Crippen MR) is 109 cm³/mol. The van der Waals surface area contributed by atoms with Crippen molar-refractivity contribution < 1.29 is 28.5 Å². The number of hydrogen-bond acceptors (Lipinski definition) is 6. The lowest BCUT2D eigenvalue weighted by molar-refractivity contribution is -0.156. The van der Waals surface area contributed by atoms with Crippen molar-refractivity contribution in [1.29, 1.82) is 0 Å². The van der Waals surface area contributed by atoms with Gasteiger partial charge >= 0.3 is 11.9 Å². The minimum absolute atomic E-state index is 0.207. The Labute approximate surface area is 171 Å². The highest BCUT2D eigenvalue weighted by molar-refractivity contribution is 5.75. The summed E-state index contributed by atoms with van der Waals surface area (Å²) in [5, 5.41) is 0. The first kappa shape index (κ1) is 22.4. The predicted octanol–water partition coefficient (Wildman–Crippen LogP) is 3.71. The maximum absolute atomic E-state index is 12.1. The molecule has 0 N–H and O–H groups in total. The fraction of sp³-hybridized carbons (Fsp3) is 0.391. The summed E-state index contributed by atoms with van der Waals surface area (Å²) in [6.45, 7) is 6.19. The van der Waals surface area contributed by atoms with Crippen LogP contribution in [0.25, 0.3) is 0 Å². The summed E-state index contributed by atoms with van der Waals surface area (Å²) in [5.74, 6) is -0.261. The Morgan fingerprint density at radius 3 is 2.14 bits per heavy atom. The Bertz CT molecular complexity index is 757. The van der Waals surface area contributed by atoms with Gasteiger partial charge in [0.25, 0.3) is 0 Å². The Hall–Kier alpha value is -2.86. The molecule has 0 amide bonds. The van der Waals surface area contributed by atoms with Crippen LogP contribution in [0.2, 0.25) is 0 Å². The summed E-state index contributed by atoms with van der Waals surface area (Å²) in [5.41, 5.74) is 1.83. The van der Waals surface area contributed by atoms with Crippen molar-refractivity contribution >= 4 is 11.9 Å². The maximum atomic E-state index is 12.1. The van der Waals surface area contributed by atoms with Gasteiger partial charge in [-0.2, -0.15) is 0 Å². The number of hydrogen-bond donors (Lipinski definition) is 0. The monoisotopic (exact) mass is 400 g/mol. The molecule has 0 saturated carbocycles. The zero-order valence-electron chi connectivity index (χ0n) is 17.1. The van der Waals surface area contributed by atoms with E-state index in [2.05, 4.69) is 0 Å². The molecule has 0 saturated heterocycles. The molecule has 0 fully saturated rings.